The van der Waals surface area contributed by atoms with Crippen molar-refractivity contribution >= 4 is 35.3 Å². The second kappa shape index (κ2) is 9.17. The molecule has 0 saturated carbocycles. The summed E-state index contributed by atoms with van der Waals surface area (Å²) >= 11 is 0. The van der Waals surface area contributed by atoms with E-state index in [9.17, 15) is 14.4 Å². The minimum Gasteiger partial charge on any atom is -0.368 e. The molecule has 0 spiro atoms. The molecular formula is C26H26N6O3. The number of Topliss-reactive ketones (excluding diaryl/α,β-unsaturated/α-hetero) is 1. The van der Waals surface area contributed by atoms with Crippen LogP contribution in [0.1, 0.15) is 17.3 Å². The first-order chi connectivity index (χ1) is 17.0. The molecule has 2 aliphatic heterocycles. The summed E-state index contributed by atoms with van der Waals surface area (Å²) in [7, 11) is 1.76. The third-order valence-corrected chi connectivity index (χ3v) is 6.55. The minimum atomic E-state index is -0.782. The Morgan fingerprint density at radius 2 is 1.66 bits per heavy atom. The number of hydrogen-bond acceptors (Lipinski definition) is 7. The van der Waals surface area contributed by atoms with Crippen LogP contribution in [-0.2, 0) is 4.79 Å². The Kier molecular flexibility index (Phi) is 5.90. The van der Waals surface area contributed by atoms with Crippen molar-refractivity contribution in [3.8, 4) is 11.4 Å². The van der Waals surface area contributed by atoms with Crippen molar-refractivity contribution in [2.24, 2.45) is 0 Å². The van der Waals surface area contributed by atoms with Crippen LogP contribution in [0, 0.1) is 0 Å². The standard InChI is InChI=1S/C26H26N6O3/c1-18(34)19-8-10-21(11-9-19)30-12-14-31(15-13-30)26(35)32-22-16-27-24(20-6-4-3-5-7-20)28-25(22)29(2)23(32)17-33/h3-11,16-17,23H,12-15H2,1-2H3. The van der Waals surface area contributed by atoms with Crippen LogP contribution in [0.15, 0.2) is 60.8 Å². The van der Waals surface area contributed by atoms with Crippen LogP contribution in [-0.4, -0.2) is 72.4 Å². The van der Waals surface area contributed by atoms with Gasteiger partial charge < -0.3 is 14.7 Å². The molecular weight excluding hydrogens is 444 g/mol. The van der Waals surface area contributed by atoms with E-state index in [0.717, 1.165) is 17.5 Å². The summed E-state index contributed by atoms with van der Waals surface area (Å²) in [4.78, 5) is 53.4. The van der Waals surface area contributed by atoms with Gasteiger partial charge in [-0.05, 0) is 31.2 Å². The second-order valence-corrected chi connectivity index (χ2v) is 8.66. The van der Waals surface area contributed by atoms with Gasteiger partial charge in [0.25, 0.3) is 0 Å². The fourth-order valence-electron chi connectivity index (χ4n) is 4.55. The number of aromatic nitrogens is 2. The molecule has 2 aromatic carbocycles. The molecule has 178 valence electrons. The molecule has 1 atom stereocenters. The van der Waals surface area contributed by atoms with E-state index in [2.05, 4.69) is 14.9 Å². The van der Waals surface area contributed by atoms with E-state index in [4.69, 9.17) is 0 Å². The van der Waals surface area contributed by atoms with Crippen LogP contribution in [0.3, 0.4) is 0 Å². The summed E-state index contributed by atoms with van der Waals surface area (Å²) in [6.45, 7) is 3.87. The number of anilines is 3. The number of aldehydes is 1. The average molecular weight is 471 g/mol. The van der Waals surface area contributed by atoms with Gasteiger partial charge in [0, 0.05) is 50.0 Å². The first kappa shape index (κ1) is 22.5. The Bertz CT molecular complexity index is 1260. The molecule has 5 rings (SSSR count). The Labute approximate surface area is 203 Å². The fraction of sp³-hybridized carbons (Fsp3) is 0.269. The monoisotopic (exact) mass is 470 g/mol. The van der Waals surface area contributed by atoms with Crippen LogP contribution in [0.5, 0.6) is 0 Å². The highest BCUT2D eigenvalue weighted by atomic mass is 16.2. The van der Waals surface area contributed by atoms with Crippen molar-refractivity contribution in [2.45, 2.75) is 13.1 Å². The van der Waals surface area contributed by atoms with E-state index in [-0.39, 0.29) is 11.8 Å². The van der Waals surface area contributed by atoms with Crippen LogP contribution in [0.25, 0.3) is 11.4 Å². The summed E-state index contributed by atoms with van der Waals surface area (Å²) in [6.07, 6.45) is 1.60. The molecule has 9 nitrogen and oxygen atoms in total. The number of amides is 2. The summed E-state index contributed by atoms with van der Waals surface area (Å²) in [6, 6.07) is 16.9. The lowest BCUT2D eigenvalue weighted by Gasteiger charge is -2.38. The highest BCUT2D eigenvalue weighted by Gasteiger charge is 2.41. The molecule has 0 radical (unpaired) electrons. The largest absolute Gasteiger partial charge is 0.368 e. The molecule has 1 unspecified atom stereocenters. The SMILES string of the molecule is CC(=O)c1ccc(N2CCN(C(=O)N3c4cnc(-c5ccccc5)nc4N(C)C3C=O)CC2)cc1. The quantitative estimate of drug-likeness (QED) is 0.428. The maximum Gasteiger partial charge on any atom is 0.326 e. The zero-order valence-corrected chi connectivity index (χ0v) is 19.7. The number of fused-ring (bicyclic) bond motifs is 1. The topological polar surface area (TPSA) is 90.0 Å². The molecule has 0 aliphatic carbocycles. The number of piperazine rings is 1. The number of carbonyl (C=O) groups is 3. The lowest BCUT2D eigenvalue weighted by atomic mass is 10.1. The van der Waals surface area contributed by atoms with Crippen LogP contribution < -0.4 is 14.7 Å². The Morgan fingerprint density at radius 3 is 2.29 bits per heavy atom. The van der Waals surface area contributed by atoms with E-state index in [1.165, 1.54) is 4.90 Å². The van der Waals surface area contributed by atoms with E-state index in [0.29, 0.717) is 49.1 Å². The molecule has 0 N–H and O–H groups in total. The highest BCUT2D eigenvalue weighted by Crippen LogP contribution is 2.38. The smallest absolute Gasteiger partial charge is 0.326 e. The predicted molar refractivity (Wildman–Crippen MR) is 134 cm³/mol. The van der Waals surface area contributed by atoms with Crippen LogP contribution in [0.2, 0.25) is 0 Å². The zero-order valence-electron chi connectivity index (χ0n) is 19.7. The number of likely N-dealkylation sites (N-methyl/N-ethyl adjacent to an activating group) is 1. The van der Waals surface area contributed by atoms with Gasteiger partial charge in [-0.2, -0.15) is 0 Å². The molecule has 2 amide bonds. The number of hydrogen-bond donors (Lipinski definition) is 0. The number of benzene rings is 2. The van der Waals surface area contributed by atoms with E-state index in [1.54, 1.807) is 30.0 Å². The average Bonchev–Trinajstić information content (AvgIpc) is 3.19. The molecule has 9 heteroatoms. The highest BCUT2D eigenvalue weighted by molar-refractivity contribution is 6.03. The Morgan fingerprint density at radius 1 is 0.971 bits per heavy atom. The summed E-state index contributed by atoms with van der Waals surface area (Å²) in [5.41, 5.74) is 3.08. The van der Waals surface area contributed by atoms with Gasteiger partial charge in [-0.25, -0.2) is 14.8 Å². The van der Waals surface area contributed by atoms with Crippen molar-refractivity contribution in [2.75, 3.05) is 47.9 Å². The van der Waals surface area contributed by atoms with E-state index < -0.39 is 6.17 Å². The van der Waals surface area contributed by atoms with Gasteiger partial charge in [0.2, 0.25) is 0 Å². The summed E-state index contributed by atoms with van der Waals surface area (Å²) in [5, 5.41) is 0. The number of urea groups is 1. The van der Waals surface area contributed by atoms with Gasteiger partial charge in [0.05, 0.1) is 6.20 Å². The van der Waals surface area contributed by atoms with E-state index >= 15 is 0 Å². The third-order valence-electron chi connectivity index (χ3n) is 6.55. The van der Waals surface area contributed by atoms with Crippen molar-refractivity contribution < 1.29 is 14.4 Å². The summed E-state index contributed by atoms with van der Waals surface area (Å²) < 4.78 is 0. The van der Waals surface area contributed by atoms with E-state index in [1.807, 2.05) is 54.6 Å². The number of nitrogens with zero attached hydrogens (tertiary/aromatic N) is 6. The van der Waals surface area contributed by atoms with Crippen molar-refractivity contribution in [1.29, 1.82) is 0 Å². The van der Waals surface area contributed by atoms with Gasteiger partial charge in [0.1, 0.15) is 5.69 Å². The van der Waals surface area contributed by atoms with Crippen molar-refractivity contribution in [1.82, 2.24) is 14.9 Å². The first-order valence-electron chi connectivity index (χ1n) is 11.5. The molecule has 1 saturated heterocycles. The molecule has 3 heterocycles. The molecule has 1 fully saturated rings. The lowest BCUT2D eigenvalue weighted by Crippen LogP contribution is -2.56. The van der Waals surface area contributed by atoms with Crippen molar-refractivity contribution in [3.05, 3.63) is 66.4 Å². The van der Waals surface area contributed by atoms with Crippen LogP contribution >= 0.6 is 0 Å². The minimum absolute atomic E-state index is 0.0347. The predicted octanol–water partition coefficient (Wildman–Crippen LogP) is 3.07. The molecule has 35 heavy (non-hydrogen) atoms. The molecule has 3 aromatic rings. The number of rotatable bonds is 4. The van der Waals surface area contributed by atoms with Crippen molar-refractivity contribution in [3.63, 3.8) is 0 Å². The van der Waals surface area contributed by atoms with Gasteiger partial charge in [-0.3, -0.25) is 14.5 Å². The fourth-order valence-corrected chi connectivity index (χ4v) is 4.55. The third kappa shape index (κ3) is 4.09. The Balaban J connectivity index is 1.33. The van der Waals surface area contributed by atoms with Gasteiger partial charge in [-0.15, -0.1) is 0 Å². The lowest BCUT2D eigenvalue weighted by molar-refractivity contribution is -0.108. The normalized spacial score (nSPS) is 17.4. The second-order valence-electron chi connectivity index (χ2n) is 8.66. The maximum absolute atomic E-state index is 13.6. The molecule has 1 aromatic heterocycles. The van der Waals surface area contributed by atoms with Gasteiger partial charge in [0.15, 0.2) is 29.9 Å². The first-order valence-corrected chi connectivity index (χ1v) is 11.5. The Hall–Kier alpha value is -4.27. The van der Waals surface area contributed by atoms with Crippen LogP contribution in [0.4, 0.5) is 22.0 Å². The molecule has 0 bridgehead atoms. The van der Waals surface area contributed by atoms with Gasteiger partial charge >= 0.3 is 6.03 Å². The zero-order chi connectivity index (χ0) is 24.5. The number of ketones is 1. The molecule has 2 aliphatic rings. The maximum atomic E-state index is 13.6. The number of carbonyl (C=O) groups excluding carboxylic acids is 3. The summed E-state index contributed by atoms with van der Waals surface area (Å²) in [5.74, 6) is 1.13. The van der Waals surface area contributed by atoms with Gasteiger partial charge in [-0.1, -0.05) is 30.3 Å².